The molecule has 2 aliphatic heterocycles. The molecule has 2 aliphatic rings. The maximum atomic E-state index is 13.1. The van der Waals surface area contributed by atoms with E-state index in [1.807, 2.05) is 67.5 Å². The monoisotopic (exact) mass is 335 g/mol. The predicted octanol–water partition coefficient (Wildman–Crippen LogP) is 2.75. The molecule has 1 unspecified atom stereocenters. The van der Waals surface area contributed by atoms with Gasteiger partial charge >= 0.3 is 0 Å². The number of amides is 2. The Morgan fingerprint density at radius 2 is 1.60 bits per heavy atom. The maximum absolute atomic E-state index is 13.1. The van der Waals surface area contributed by atoms with Gasteiger partial charge in [-0.05, 0) is 45.3 Å². The Morgan fingerprint density at radius 3 is 2.36 bits per heavy atom. The van der Waals surface area contributed by atoms with Crippen LogP contribution in [0.1, 0.15) is 38.9 Å². The smallest absolute Gasteiger partial charge is 0.260 e. The molecule has 128 valence electrons. The fourth-order valence-corrected chi connectivity index (χ4v) is 3.76. The highest BCUT2D eigenvalue weighted by Crippen LogP contribution is 2.44. The maximum Gasteiger partial charge on any atom is 0.260 e. The summed E-state index contributed by atoms with van der Waals surface area (Å²) in [5, 5.41) is 0. The molecule has 2 amide bonds. The second-order valence-corrected chi connectivity index (χ2v) is 6.81. The second-order valence-electron chi connectivity index (χ2n) is 6.81. The summed E-state index contributed by atoms with van der Waals surface area (Å²) in [4.78, 5) is 31.9. The van der Waals surface area contributed by atoms with Gasteiger partial charge in [-0.2, -0.15) is 0 Å². The number of benzene rings is 2. The summed E-state index contributed by atoms with van der Waals surface area (Å²) in [6.07, 6.45) is 0.523. The number of carbonyl (C=O) groups excluding carboxylic acids is 2. The SMILES string of the molecule is CN(C)CCCN1C(=O)c2ccccc2N2C(=O)c3ccccc3C12. The van der Waals surface area contributed by atoms with Crippen molar-refractivity contribution < 1.29 is 9.59 Å². The third-order valence-electron chi connectivity index (χ3n) is 4.89. The first kappa shape index (κ1) is 15.8. The second kappa shape index (κ2) is 6.01. The molecule has 0 bridgehead atoms. The van der Waals surface area contributed by atoms with E-state index in [1.165, 1.54) is 0 Å². The number of fused-ring (bicyclic) bond motifs is 5. The third kappa shape index (κ3) is 2.43. The average Bonchev–Trinajstić information content (AvgIpc) is 2.91. The molecule has 2 heterocycles. The molecule has 4 rings (SSSR count). The van der Waals surface area contributed by atoms with Gasteiger partial charge in [0.15, 0.2) is 0 Å². The molecule has 0 saturated carbocycles. The molecule has 2 aromatic rings. The van der Waals surface area contributed by atoms with Crippen molar-refractivity contribution in [1.29, 1.82) is 0 Å². The summed E-state index contributed by atoms with van der Waals surface area (Å²) in [7, 11) is 4.04. The van der Waals surface area contributed by atoms with E-state index in [0.717, 1.165) is 18.5 Å². The highest BCUT2D eigenvalue weighted by molar-refractivity contribution is 6.16. The standard InChI is InChI=1S/C20H21N3O2/c1-21(2)12-7-13-22-18-14-8-3-4-9-15(14)20(25)23(18)17-11-6-5-10-16(17)19(22)24/h3-6,8-11,18H,7,12-13H2,1-2H3. The van der Waals surface area contributed by atoms with Crippen LogP contribution in [-0.4, -0.2) is 48.8 Å². The van der Waals surface area contributed by atoms with Gasteiger partial charge in [0, 0.05) is 17.7 Å². The minimum absolute atomic E-state index is 0.000101. The first-order valence-corrected chi connectivity index (χ1v) is 8.57. The highest BCUT2D eigenvalue weighted by atomic mass is 16.2. The third-order valence-corrected chi connectivity index (χ3v) is 4.89. The predicted molar refractivity (Wildman–Crippen MR) is 96.6 cm³/mol. The lowest BCUT2D eigenvalue weighted by atomic mass is 10.0. The van der Waals surface area contributed by atoms with Crippen LogP contribution in [0.3, 0.4) is 0 Å². The number of hydrogen-bond donors (Lipinski definition) is 0. The molecule has 0 fully saturated rings. The molecule has 5 heteroatoms. The quantitative estimate of drug-likeness (QED) is 0.863. The van der Waals surface area contributed by atoms with Crippen molar-refractivity contribution in [2.75, 3.05) is 32.1 Å². The summed E-state index contributed by atoms with van der Waals surface area (Å²) >= 11 is 0. The molecule has 0 saturated heterocycles. The molecule has 25 heavy (non-hydrogen) atoms. The lowest BCUT2D eigenvalue weighted by molar-refractivity contribution is 0.0640. The van der Waals surface area contributed by atoms with Gasteiger partial charge in [-0.25, -0.2) is 0 Å². The molecule has 5 nitrogen and oxygen atoms in total. The Bertz CT molecular complexity index is 846. The first-order valence-electron chi connectivity index (χ1n) is 8.57. The van der Waals surface area contributed by atoms with Crippen LogP contribution in [-0.2, 0) is 0 Å². The minimum atomic E-state index is -0.340. The van der Waals surface area contributed by atoms with E-state index in [-0.39, 0.29) is 18.0 Å². The molecule has 0 aromatic heterocycles. The van der Waals surface area contributed by atoms with Crippen molar-refractivity contribution in [2.45, 2.75) is 12.6 Å². The van der Waals surface area contributed by atoms with Crippen molar-refractivity contribution in [1.82, 2.24) is 9.80 Å². The van der Waals surface area contributed by atoms with Gasteiger partial charge < -0.3 is 9.80 Å². The average molecular weight is 335 g/mol. The van der Waals surface area contributed by atoms with Gasteiger partial charge in [-0.1, -0.05) is 30.3 Å². The van der Waals surface area contributed by atoms with Crippen LogP contribution < -0.4 is 4.90 Å². The number of rotatable bonds is 4. The molecule has 0 aliphatic carbocycles. The summed E-state index contributed by atoms with van der Waals surface area (Å²) < 4.78 is 0. The summed E-state index contributed by atoms with van der Waals surface area (Å²) in [6, 6.07) is 15.0. The van der Waals surface area contributed by atoms with Crippen LogP contribution in [0.4, 0.5) is 5.69 Å². The van der Waals surface area contributed by atoms with Crippen LogP contribution in [0.25, 0.3) is 0 Å². The first-order chi connectivity index (χ1) is 12.1. The highest BCUT2D eigenvalue weighted by Gasteiger charge is 2.47. The molecule has 0 radical (unpaired) electrons. The van der Waals surface area contributed by atoms with Gasteiger partial charge in [0.25, 0.3) is 11.8 Å². The Hall–Kier alpha value is -2.66. The van der Waals surface area contributed by atoms with Gasteiger partial charge in [0.05, 0.1) is 11.3 Å². The molecule has 1 atom stereocenters. The molecule has 0 spiro atoms. The van der Waals surface area contributed by atoms with Crippen LogP contribution in [0, 0.1) is 0 Å². The van der Waals surface area contributed by atoms with Crippen molar-refractivity contribution in [2.24, 2.45) is 0 Å². The lowest BCUT2D eigenvalue weighted by Crippen LogP contribution is -2.48. The Morgan fingerprint density at radius 1 is 0.920 bits per heavy atom. The van der Waals surface area contributed by atoms with Gasteiger partial charge in [-0.15, -0.1) is 0 Å². The van der Waals surface area contributed by atoms with E-state index in [1.54, 1.807) is 4.90 Å². The molecular weight excluding hydrogens is 314 g/mol. The largest absolute Gasteiger partial charge is 0.313 e. The van der Waals surface area contributed by atoms with Crippen molar-refractivity contribution in [3.05, 3.63) is 65.2 Å². The van der Waals surface area contributed by atoms with Crippen molar-refractivity contribution >= 4 is 17.5 Å². The van der Waals surface area contributed by atoms with Crippen LogP contribution in [0.5, 0.6) is 0 Å². The summed E-state index contributed by atoms with van der Waals surface area (Å²) in [6.45, 7) is 1.52. The lowest BCUT2D eigenvalue weighted by Gasteiger charge is -2.41. The van der Waals surface area contributed by atoms with E-state index in [2.05, 4.69) is 4.90 Å². The van der Waals surface area contributed by atoms with Gasteiger partial charge in [0.1, 0.15) is 6.17 Å². The number of nitrogens with zero attached hydrogens (tertiary/aromatic N) is 3. The number of hydrogen-bond acceptors (Lipinski definition) is 3. The number of carbonyl (C=O) groups is 2. The normalized spacial score (nSPS) is 18.4. The Balaban J connectivity index is 1.80. The summed E-state index contributed by atoms with van der Waals surface area (Å²) in [5.41, 5.74) is 2.92. The van der Waals surface area contributed by atoms with Crippen LogP contribution in [0.15, 0.2) is 48.5 Å². The van der Waals surface area contributed by atoms with Crippen LogP contribution in [0.2, 0.25) is 0 Å². The molecule has 2 aromatic carbocycles. The fraction of sp³-hybridized carbons (Fsp3) is 0.300. The number of anilines is 1. The Labute approximate surface area is 147 Å². The zero-order chi connectivity index (χ0) is 17.6. The zero-order valence-electron chi connectivity index (χ0n) is 14.5. The minimum Gasteiger partial charge on any atom is -0.313 e. The number of para-hydroxylation sites is 1. The van der Waals surface area contributed by atoms with Crippen molar-refractivity contribution in [3.63, 3.8) is 0 Å². The van der Waals surface area contributed by atoms with E-state index in [9.17, 15) is 9.59 Å². The van der Waals surface area contributed by atoms with Crippen LogP contribution >= 0.6 is 0 Å². The fourth-order valence-electron chi connectivity index (χ4n) is 3.76. The van der Waals surface area contributed by atoms with E-state index < -0.39 is 0 Å². The van der Waals surface area contributed by atoms with Crippen molar-refractivity contribution in [3.8, 4) is 0 Å². The topological polar surface area (TPSA) is 43.9 Å². The molecular formula is C20H21N3O2. The zero-order valence-corrected chi connectivity index (χ0v) is 14.5. The Kier molecular flexibility index (Phi) is 3.81. The summed E-state index contributed by atoms with van der Waals surface area (Å²) in [5.74, 6) is -0.0294. The molecule has 0 N–H and O–H groups in total. The van der Waals surface area contributed by atoms with E-state index >= 15 is 0 Å². The van der Waals surface area contributed by atoms with E-state index in [0.29, 0.717) is 23.4 Å². The van der Waals surface area contributed by atoms with Gasteiger partial charge in [-0.3, -0.25) is 14.5 Å². The van der Waals surface area contributed by atoms with Gasteiger partial charge in [0.2, 0.25) is 0 Å². The van der Waals surface area contributed by atoms with E-state index in [4.69, 9.17) is 0 Å².